The average Bonchev–Trinajstić information content (AvgIpc) is 2.80. The minimum atomic E-state index is 0.275. The predicted octanol–water partition coefficient (Wildman–Crippen LogP) is 7.20. The van der Waals surface area contributed by atoms with Crippen LogP contribution in [0.15, 0.2) is 65.7 Å². The molecule has 2 rings (SSSR count). The molecule has 29 heavy (non-hydrogen) atoms. The van der Waals surface area contributed by atoms with E-state index in [9.17, 15) is 0 Å². The van der Waals surface area contributed by atoms with Crippen molar-refractivity contribution in [3.8, 4) is 11.9 Å². The second-order valence-corrected chi connectivity index (χ2v) is 6.79. The van der Waals surface area contributed by atoms with Crippen molar-refractivity contribution >= 4 is 40.2 Å². The molecule has 0 aliphatic carbocycles. The van der Waals surface area contributed by atoms with Crippen molar-refractivity contribution in [3.05, 3.63) is 60.7 Å². The van der Waals surface area contributed by atoms with Crippen molar-refractivity contribution in [1.82, 2.24) is 0 Å². The minimum Gasteiger partial charge on any atom is -0.425 e. The Morgan fingerprint density at radius 1 is 1.00 bits per heavy atom. The van der Waals surface area contributed by atoms with Gasteiger partial charge in [-0.25, -0.2) is 0 Å². The number of nitrogens with zero attached hydrogens (tertiary/aromatic N) is 3. The predicted molar refractivity (Wildman–Crippen MR) is 134 cm³/mol. The lowest BCUT2D eigenvalue weighted by Gasteiger charge is -2.25. The molecular weight excluding hydrogens is 496 g/mol. The fraction of sp³-hybridized carbons (Fsp3) is 0.364. The van der Waals surface area contributed by atoms with Crippen LogP contribution in [0.1, 0.15) is 40.5 Å². The Bertz CT molecular complexity index is 694. The van der Waals surface area contributed by atoms with Gasteiger partial charge < -0.3 is 9.26 Å². The fourth-order valence-electron chi connectivity index (χ4n) is 2.20. The third kappa shape index (κ3) is 11.8. The molecule has 1 atom stereocenters. The summed E-state index contributed by atoms with van der Waals surface area (Å²) < 4.78 is 11.3. The van der Waals surface area contributed by atoms with E-state index in [1.165, 1.54) is 0 Å². The average molecular weight is 527 g/mol. The van der Waals surface area contributed by atoms with Crippen LogP contribution in [0, 0.1) is 11.5 Å². The summed E-state index contributed by atoms with van der Waals surface area (Å²) in [5.74, 6) is 0.645. The van der Waals surface area contributed by atoms with Gasteiger partial charge in [0.25, 0.3) is 0 Å². The standard InChI is InChI=1S/C18H19IN3O2P.2C2H6/c19-25-23-14-8-7-13-22(16-9-3-1-4-10-16)18(21-15-20)24-17-11-5-2-6-12-17;2*1-2/h1-6,9-12,25H,7-8,13-14H2;2*1-2H3. The maximum Gasteiger partial charge on any atom is 0.312 e. The molecule has 0 aliphatic rings. The Hall–Kier alpha value is -1.68. The number of unbranched alkanes of at least 4 members (excludes halogenated alkanes) is 1. The van der Waals surface area contributed by atoms with Crippen LogP contribution in [0.5, 0.6) is 5.75 Å². The number of anilines is 1. The Labute approximate surface area is 190 Å². The normalized spacial score (nSPS) is 10.3. The molecule has 158 valence electrons. The van der Waals surface area contributed by atoms with E-state index in [1.54, 1.807) is 0 Å². The van der Waals surface area contributed by atoms with E-state index in [-0.39, 0.29) is 6.02 Å². The van der Waals surface area contributed by atoms with Gasteiger partial charge in [0, 0.05) is 12.2 Å². The van der Waals surface area contributed by atoms with Crippen molar-refractivity contribution in [3.63, 3.8) is 0 Å². The summed E-state index contributed by atoms with van der Waals surface area (Å²) in [4.78, 5) is 5.83. The molecule has 5 nitrogen and oxygen atoms in total. The summed E-state index contributed by atoms with van der Waals surface area (Å²) >= 11 is 2.22. The highest BCUT2D eigenvalue weighted by Gasteiger charge is 2.16. The van der Waals surface area contributed by atoms with E-state index in [0.717, 1.165) is 25.1 Å². The van der Waals surface area contributed by atoms with Crippen LogP contribution in [-0.2, 0) is 4.52 Å². The van der Waals surface area contributed by atoms with Gasteiger partial charge in [0.05, 0.1) is 13.1 Å². The number of amidine groups is 1. The molecule has 0 bridgehead atoms. The van der Waals surface area contributed by atoms with Crippen LogP contribution in [-0.4, -0.2) is 19.2 Å². The molecule has 0 N–H and O–H groups in total. The minimum absolute atomic E-state index is 0.275. The number of ether oxygens (including phenoxy) is 1. The number of hydrogen-bond acceptors (Lipinski definition) is 4. The monoisotopic (exact) mass is 527 g/mol. The number of aliphatic imine (C=N–C) groups is 1. The fourth-order valence-corrected chi connectivity index (χ4v) is 3.08. The van der Waals surface area contributed by atoms with E-state index in [2.05, 4.69) is 27.0 Å². The number of rotatable bonds is 8. The molecule has 0 amide bonds. The van der Waals surface area contributed by atoms with Gasteiger partial charge in [-0.15, -0.1) is 4.99 Å². The topological polar surface area (TPSA) is 57.8 Å². The summed E-state index contributed by atoms with van der Waals surface area (Å²) in [5.41, 5.74) is 0.934. The highest BCUT2D eigenvalue weighted by atomic mass is 127. The SMILES string of the molecule is CC.CC.N#CN=C(Oc1ccccc1)N(CCCCOPI)c1ccccc1. The van der Waals surface area contributed by atoms with Gasteiger partial charge in [0.2, 0.25) is 6.19 Å². The molecule has 0 heterocycles. The van der Waals surface area contributed by atoms with Crippen LogP contribution in [0.2, 0.25) is 0 Å². The van der Waals surface area contributed by atoms with Crippen molar-refractivity contribution in [1.29, 1.82) is 5.26 Å². The van der Waals surface area contributed by atoms with E-state index in [4.69, 9.17) is 14.5 Å². The molecule has 0 spiro atoms. The summed E-state index contributed by atoms with van der Waals surface area (Å²) in [6, 6.07) is 19.4. The number of hydrogen-bond donors (Lipinski definition) is 0. The largest absolute Gasteiger partial charge is 0.425 e. The quantitative estimate of drug-likeness (QED) is 0.0910. The molecule has 0 aliphatic heterocycles. The Balaban J connectivity index is 0.00000184. The van der Waals surface area contributed by atoms with Crippen molar-refractivity contribution < 1.29 is 9.26 Å². The highest BCUT2D eigenvalue weighted by molar-refractivity contribution is 14.2. The van der Waals surface area contributed by atoms with Crippen molar-refractivity contribution in [2.45, 2.75) is 40.5 Å². The zero-order valence-corrected chi connectivity index (χ0v) is 20.8. The molecule has 0 fully saturated rings. The lowest BCUT2D eigenvalue weighted by molar-refractivity contribution is 0.357. The van der Waals surface area contributed by atoms with Gasteiger partial charge in [0.15, 0.2) is 0 Å². The van der Waals surface area contributed by atoms with E-state index in [0.29, 0.717) is 18.7 Å². The Kier molecular flexibility index (Phi) is 18.5. The zero-order valence-electron chi connectivity index (χ0n) is 17.6. The number of benzene rings is 2. The molecular formula is C22H31IN3O2P. The number of para-hydroxylation sites is 2. The molecule has 2 aromatic rings. The highest BCUT2D eigenvalue weighted by Crippen LogP contribution is 2.22. The summed E-state index contributed by atoms with van der Waals surface area (Å²) in [6.07, 6.45) is 3.68. The van der Waals surface area contributed by atoms with Crippen LogP contribution < -0.4 is 9.64 Å². The summed E-state index contributed by atoms with van der Waals surface area (Å²) in [7, 11) is 0. The second-order valence-electron chi connectivity index (χ2n) is 5.03. The van der Waals surface area contributed by atoms with Gasteiger partial charge >= 0.3 is 6.02 Å². The molecule has 0 radical (unpaired) electrons. The lowest BCUT2D eigenvalue weighted by atomic mass is 10.2. The Morgan fingerprint density at radius 3 is 2.14 bits per heavy atom. The third-order valence-corrected chi connectivity index (χ3v) is 4.58. The van der Waals surface area contributed by atoms with E-state index < -0.39 is 0 Å². The van der Waals surface area contributed by atoms with Crippen LogP contribution in [0.3, 0.4) is 0 Å². The first-order valence-electron chi connectivity index (χ1n) is 9.85. The van der Waals surface area contributed by atoms with Crippen LogP contribution >= 0.6 is 28.5 Å². The van der Waals surface area contributed by atoms with Crippen molar-refractivity contribution in [2.24, 2.45) is 4.99 Å². The van der Waals surface area contributed by atoms with Crippen molar-refractivity contribution in [2.75, 3.05) is 18.1 Å². The smallest absolute Gasteiger partial charge is 0.312 e. The molecule has 0 aromatic heterocycles. The second kappa shape index (κ2) is 19.6. The van der Waals surface area contributed by atoms with Gasteiger partial charge in [-0.3, -0.25) is 4.90 Å². The molecule has 7 heteroatoms. The maximum atomic E-state index is 9.09. The lowest BCUT2D eigenvalue weighted by Crippen LogP contribution is -2.36. The first kappa shape index (κ1) is 27.3. The Morgan fingerprint density at radius 2 is 1.59 bits per heavy atom. The van der Waals surface area contributed by atoms with E-state index in [1.807, 2.05) is 99.5 Å². The van der Waals surface area contributed by atoms with Gasteiger partial charge in [0.1, 0.15) is 5.75 Å². The van der Waals surface area contributed by atoms with Crippen LogP contribution in [0.4, 0.5) is 5.69 Å². The van der Waals surface area contributed by atoms with Crippen LogP contribution in [0.25, 0.3) is 0 Å². The number of halogens is 1. The molecule has 0 saturated carbocycles. The zero-order chi connectivity index (χ0) is 21.7. The third-order valence-electron chi connectivity index (χ3n) is 3.33. The van der Waals surface area contributed by atoms with Gasteiger partial charge in [-0.2, -0.15) is 5.26 Å². The first-order chi connectivity index (χ1) is 14.3. The maximum absolute atomic E-state index is 9.09. The van der Waals surface area contributed by atoms with Gasteiger partial charge in [-0.05, 0) is 59.1 Å². The van der Waals surface area contributed by atoms with E-state index >= 15 is 0 Å². The summed E-state index contributed by atoms with van der Waals surface area (Å²) in [5, 5.41) is 9.09. The number of nitriles is 1. The first-order valence-corrected chi connectivity index (χ1v) is 13.9. The molecule has 1 unspecified atom stereocenters. The molecule has 2 aromatic carbocycles. The molecule has 0 saturated heterocycles. The van der Waals surface area contributed by atoms with Gasteiger partial charge in [-0.1, -0.05) is 64.1 Å². The summed E-state index contributed by atoms with van der Waals surface area (Å²) in [6.45, 7) is 9.89.